The van der Waals surface area contributed by atoms with Gasteiger partial charge in [0.15, 0.2) is 0 Å². The summed E-state index contributed by atoms with van der Waals surface area (Å²) in [6, 6.07) is 1.75. The van der Waals surface area contributed by atoms with E-state index in [0.29, 0.717) is 12.5 Å². The summed E-state index contributed by atoms with van der Waals surface area (Å²) in [5.74, 6) is -2.87. The maximum absolute atomic E-state index is 13.3. The maximum atomic E-state index is 13.3. The highest BCUT2D eigenvalue weighted by Crippen LogP contribution is 2.23. The van der Waals surface area contributed by atoms with E-state index in [1.807, 2.05) is 0 Å². The van der Waals surface area contributed by atoms with Crippen LogP contribution in [0.3, 0.4) is 0 Å². The van der Waals surface area contributed by atoms with Crippen molar-refractivity contribution in [3.05, 3.63) is 35.4 Å². The van der Waals surface area contributed by atoms with Crippen LogP contribution in [0.5, 0.6) is 0 Å². The first-order chi connectivity index (χ1) is 10.5. The van der Waals surface area contributed by atoms with Crippen molar-refractivity contribution < 1.29 is 27.8 Å². The normalized spacial score (nSPS) is 21.5. The molecule has 22 heavy (non-hydrogen) atoms. The average Bonchev–Trinajstić information content (AvgIpc) is 2.51. The van der Waals surface area contributed by atoms with Crippen LogP contribution in [0.15, 0.2) is 18.2 Å². The van der Waals surface area contributed by atoms with Crippen molar-refractivity contribution in [2.75, 3.05) is 20.8 Å². The van der Waals surface area contributed by atoms with Crippen LogP contribution in [0.2, 0.25) is 0 Å². The first-order valence-corrected chi connectivity index (χ1v) is 6.84. The van der Waals surface area contributed by atoms with Crippen LogP contribution in [0.4, 0.5) is 8.78 Å². The second kappa shape index (κ2) is 6.83. The fourth-order valence-corrected chi connectivity index (χ4v) is 2.59. The van der Waals surface area contributed by atoms with Gasteiger partial charge in [0.2, 0.25) is 0 Å². The van der Waals surface area contributed by atoms with Crippen LogP contribution in [-0.4, -0.2) is 49.7 Å². The molecule has 0 unspecified atom stereocenters. The fraction of sp³-hybridized carbons (Fsp3) is 0.467. The zero-order chi connectivity index (χ0) is 16.3. The number of hydrogen-bond donors (Lipinski definition) is 0. The first kappa shape index (κ1) is 16.4. The maximum Gasteiger partial charge on any atom is 0.328 e. The van der Waals surface area contributed by atoms with Gasteiger partial charge in [0, 0.05) is 31.7 Å². The fourth-order valence-electron chi connectivity index (χ4n) is 2.59. The van der Waals surface area contributed by atoms with Crippen molar-refractivity contribution in [1.82, 2.24) is 4.90 Å². The molecule has 1 aliphatic rings. The molecule has 1 amide bonds. The Balaban J connectivity index is 2.27. The number of piperidine rings is 1. The number of benzene rings is 1. The van der Waals surface area contributed by atoms with E-state index in [9.17, 15) is 18.4 Å². The number of halogens is 2. The second-order valence-corrected chi connectivity index (χ2v) is 5.08. The molecule has 2 atom stereocenters. The topological polar surface area (TPSA) is 55.8 Å². The molecule has 1 aliphatic heterocycles. The van der Waals surface area contributed by atoms with Gasteiger partial charge < -0.3 is 14.4 Å². The van der Waals surface area contributed by atoms with Crippen LogP contribution in [0, 0.1) is 11.6 Å². The lowest BCUT2D eigenvalue weighted by Crippen LogP contribution is -2.52. The summed E-state index contributed by atoms with van der Waals surface area (Å²) in [4.78, 5) is 25.6. The number of nitrogens with zero attached hydrogens (tertiary/aromatic N) is 1. The molecule has 0 spiro atoms. The van der Waals surface area contributed by atoms with Crippen LogP contribution in [0.25, 0.3) is 0 Å². The minimum Gasteiger partial charge on any atom is -0.467 e. The molecular weight excluding hydrogens is 296 g/mol. The molecular formula is C15H17F2NO4. The Morgan fingerprint density at radius 3 is 2.36 bits per heavy atom. The van der Waals surface area contributed by atoms with Gasteiger partial charge in [-0.25, -0.2) is 13.6 Å². The number of ether oxygens (including phenoxy) is 2. The van der Waals surface area contributed by atoms with Gasteiger partial charge in [-0.05, 0) is 18.6 Å². The number of likely N-dealkylation sites (tertiary alicyclic amines) is 1. The summed E-state index contributed by atoms with van der Waals surface area (Å²) in [7, 11) is 2.75. The number of hydrogen-bond acceptors (Lipinski definition) is 4. The second-order valence-electron chi connectivity index (χ2n) is 5.08. The molecule has 0 bridgehead atoms. The number of amides is 1. The third kappa shape index (κ3) is 3.41. The average molecular weight is 313 g/mol. The molecule has 0 aliphatic carbocycles. The number of esters is 1. The van der Waals surface area contributed by atoms with Gasteiger partial charge in [-0.2, -0.15) is 0 Å². The lowest BCUT2D eigenvalue weighted by atomic mass is 9.98. The van der Waals surface area contributed by atoms with Gasteiger partial charge in [0.05, 0.1) is 13.2 Å². The zero-order valence-electron chi connectivity index (χ0n) is 12.3. The van der Waals surface area contributed by atoms with Crippen molar-refractivity contribution in [2.45, 2.75) is 25.0 Å². The standard InChI is InChI=1S/C15H17F2NO4/c1-21-12-3-4-18(13(8-12)15(20)22-2)14(19)9-5-10(16)7-11(17)6-9/h5-7,12-13H,3-4,8H2,1-2H3/t12-,13+/m0/s1. The quantitative estimate of drug-likeness (QED) is 0.798. The predicted octanol–water partition coefficient (Wildman–Crippen LogP) is 1.76. The van der Waals surface area contributed by atoms with Crippen LogP contribution in [-0.2, 0) is 14.3 Å². The number of methoxy groups -OCH3 is 2. The Kier molecular flexibility index (Phi) is 5.07. The molecule has 1 fully saturated rings. The number of carbonyl (C=O) groups excluding carboxylic acids is 2. The van der Waals surface area contributed by atoms with Crippen molar-refractivity contribution in [3.8, 4) is 0 Å². The van der Waals surface area contributed by atoms with Gasteiger partial charge in [-0.3, -0.25) is 4.79 Å². The van der Waals surface area contributed by atoms with Gasteiger partial charge >= 0.3 is 5.97 Å². The van der Waals surface area contributed by atoms with E-state index >= 15 is 0 Å². The Morgan fingerprint density at radius 1 is 1.18 bits per heavy atom. The van der Waals surface area contributed by atoms with E-state index in [1.165, 1.54) is 19.1 Å². The molecule has 2 rings (SSSR count). The van der Waals surface area contributed by atoms with E-state index in [1.54, 1.807) is 0 Å². The van der Waals surface area contributed by atoms with Crippen LogP contribution in [0.1, 0.15) is 23.2 Å². The van der Waals surface area contributed by atoms with Crippen molar-refractivity contribution in [2.24, 2.45) is 0 Å². The monoisotopic (exact) mass is 313 g/mol. The molecule has 120 valence electrons. The minimum atomic E-state index is -0.843. The Hall–Kier alpha value is -2.02. The molecule has 1 aromatic rings. The summed E-state index contributed by atoms with van der Waals surface area (Å²) in [6.07, 6.45) is 0.651. The SMILES string of the molecule is COC(=O)[C@H]1C[C@@H](OC)CCN1C(=O)c1cc(F)cc(F)c1. The molecule has 1 heterocycles. The number of carbonyl (C=O) groups is 2. The summed E-state index contributed by atoms with van der Waals surface area (Å²) in [5.41, 5.74) is -0.137. The lowest BCUT2D eigenvalue weighted by molar-refractivity contribution is -0.149. The summed E-state index contributed by atoms with van der Waals surface area (Å²) >= 11 is 0. The van der Waals surface area contributed by atoms with E-state index < -0.39 is 29.6 Å². The van der Waals surface area contributed by atoms with Gasteiger partial charge in [0.25, 0.3) is 5.91 Å². The third-order valence-corrected chi connectivity index (χ3v) is 3.73. The van der Waals surface area contributed by atoms with Crippen molar-refractivity contribution in [1.29, 1.82) is 0 Å². The molecule has 1 saturated heterocycles. The van der Waals surface area contributed by atoms with Crippen LogP contribution >= 0.6 is 0 Å². The predicted molar refractivity (Wildman–Crippen MR) is 73.2 cm³/mol. The molecule has 0 aromatic heterocycles. The minimum absolute atomic E-state index is 0.137. The van der Waals surface area contributed by atoms with E-state index in [2.05, 4.69) is 0 Å². The molecule has 1 aromatic carbocycles. The van der Waals surface area contributed by atoms with Gasteiger partial charge in [0.1, 0.15) is 17.7 Å². The highest BCUT2D eigenvalue weighted by Gasteiger charge is 2.37. The van der Waals surface area contributed by atoms with E-state index in [4.69, 9.17) is 9.47 Å². The molecule has 0 saturated carbocycles. The van der Waals surface area contributed by atoms with Gasteiger partial charge in [-0.1, -0.05) is 0 Å². The van der Waals surface area contributed by atoms with E-state index in [0.717, 1.165) is 12.1 Å². The largest absolute Gasteiger partial charge is 0.467 e. The lowest BCUT2D eigenvalue weighted by Gasteiger charge is -2.37. The van der Waals surface area contributed by atoms with Crippen molar-refractivity contribution in [3.63, 3.8) is 0 Å². The third-order valence-electron chi connectivity index (χ3n) is 3.73. The van der Waals surface area contributed by atoms with Gasteiger partial charge in [-0.15, -0.1) is 0 Å². The smallest absolute Gasteiger partial charge is 0.328 e. The Bertz CT molecular complexity index is 558. The highest BCUT2D eigenvalue weighted by atomic mass is 19.1. The van der Waals surface area contributed by atoms with E-state index in [-0.39, 0.29) is 24.6 Å². The molecule has 5 nitrogen and oxygen atoms in total. The van der Waals surface area contributed by atoms with Crippen molar-refractivity contribution >= 4 is 11.9 Å². The Morgan fingerprint density at radius 2 is 1.82 bits per heavy atom. The molecule has 0 N–H and O–H groups in total. The molecule has 0 radical (unpaired) electrons. The number of rotatable bonds is 3. The zero-order valence-corrected chi connectivity index (χ0v) is 12.3. The summed E-state index contributed by atoms with van der Waals surface area (Å²) in [5, 5.41) is 0. The molecule has 7 heteroatoms. The summed E-state index contributed by atoms with van der Waals surface area (Å²) in [6.45, 7) is 0.245. The highest BCUT2D eigenvalue weighted by molar-refractivity contribution is 5.97. The Labute approximate surface area is 126 Å². The first-order valence-electron chi connectivity index (χ1n) is 6.84. The summed E-state index contributed by atoms with van der Waals surface area (Å²) < 4.78 is 36.5. The van der Waals surface area contributed by atoms with Crippen LogP contribution < -0.4 is 0 Å².